The normalized spacial score (nSPS) is 12.7. The van der Waals surface area contributed by atoms with Gasteiger partial charge in [-0.25, -0.2) is 4.98 Å². The third-order valence-corrected chi connectivity index (χ3v) is 3.86. The number of benzene rings is 1. The van der Waals surface area contributed by atoms with Crippen molar-refractivity contribution in [3.8, 4) is 16.3 Å². The zero-order valence-electron chi connectivity index (χ0n) is 12.5. The van der Waals surface area contributed by atoms with E-state index in [9.17, 15) is 0 Å². The van der Waals surface area contributed by atoms with Crippen LogP contribution in [-0.2, 0) is 0 Å². The molecular weight excluding hydrogens is 268 g/mol. The fraction of sp³-hybridized carbons (Fsp3) is 0.438. The van der Waals surface area contributed by atoms with Crippen LogP contribution in [0.25, 0.3) is 10.6 Å². The maximum atomic E-state index is 5.65. The van der Waals surface area contributed by atoms with Crippen LogP contribution in [0.2, 0.25) is 0 Å². The van der Waals surface area contributed by atoms with Gasteiger partial charge in [-0.1, -0.05) is 6.92 Å². The zero-order valence-corrected chi connectivity index (χ0v) is 13.3. The van der Waals surface area contributed by atoms with Crippen molar-refractivity contribution in [2.45, 2.75) is 39.8 Å². The van der Waals surface area contributed by atoms with Crippen LogP contribution in [0.4, 0.5) is 0 Å². The molecule has 2 rings (SSSR count). The Labute approximate surface area is 125 Å². The number of nitrogens with one attached hydrogen (secondary N) is 1. The Balaban J connectivity index is 2.11. The molecule has 0 radical (unpaired) electrons. The van der Waals surface area contributed by atoms with Gasteiger partial charge in [0.05, 0.1) is 11.8 Å². The topological polar surface area (TPSA) is 34.1 Å². The summed E-state index contributed by atoms with van der Waals surface area (Å²) in [6.45, 7) is 9.26. The molecule has 2 aromatic rings. The van der Waals surface area contributed by atoms with E-state index in [-0.39, 0.29) is 6.10 Å². The highest BCUT2D eigenvalue weighted by atomic mass is 32.1. The first kappa shape index (κ1) is 15.0. The minimum absolute atomic E-state index is 0.202. The highest BCUT2D eigenvalue weighted by molar-refractivity contribution is 7.13. The Morgan fingerprint density at radius 2 is 1.90 bits per heavy atom. The first-order valence-corrected chi connectivity index (χ1v) is 7.94. The third kappa shape index (κ3) is 3.81. The van der Waals surface area contributed by atoms with Crippen LogP contribution in [0.5, 0.6) is 5.75 Å². The van der Waals surface area contributed by atoms with Crippen LogP contribution in [0.15, 0.2) is 29.6 Å². The summed E-state index contributed by atoms with van der Waals surface area (Å²) in [7, 11) is 0. The van der Waals surface area contributed by atoms with E-state index in [0.29, 0.717) is 6.04 Å². The van der Waals surface area contributed by atoms with Gasteiger partial charge in [0, 0.05) is 17.0 Å². The van der Waals surface area contributed by atoms with E-state index in [1.54, 1.807) is 11.3 Å². The van der Waals surface area contributed by atoms with Crippen molar-refractivity contribution in [1.82, 2.24) is 10.3 Å². The van der Waals surface area contributed by atoms with E-state index < -0.39 is 0 Å². The molecular formula is C16H22N2OS. The minimum Gasteiger partial charge on any atom is -0.491 e. The molecule has 4 heteroatoms. The molecule has 1 aromatic heterocycles. The van der Waals surface area contributed by atoms with E-state index in [2.05, 4.69) is 36.7 Å². The Morgan fingerprint density at radius 1 is 1.20 bits per heavy atom. The quantitative estimate of drug-likeness (QED) is 0.862. The molecule has 1 atom stereocenters. The molecule has 0 aliphatic rings. The van der Waals surface area contributed by atoms with Gasteiger partial charge in [-0.2, -0.15) is 0 Å². The second-order valence-corrected chi connectivity index (χ2v) is 5.91. The maximum absolute atomic E-state index is 5.65. The van der Waals surface area contributed by atoms with Gasteiger partial charge >= 0.3 is 0 Å². The lowest BCUT2D eigenvalue weighted by Crippen LogP contribution is -2.17. The Morgan fingerprint density at radius 3 is 2.50 bits per heavy atom. The highest BCUT2D eigenvalue weighted by Crippen LogP contribution is 2.27. The molecule has 1 aromatic carbocycles. The van der Waals surface area contributed by atoms with Crippen LogP contribution in [0, 0.1) is 0 Å². The summed E-state index contributed by atoms with van der Waals surface area (Å²) in [6, 6.07) is 8.44. The van der Waals surface area contributed by atoms with Gasteiger partial charge in [-0.3, -0.25) is 0 Å². The molecule has 0 spiro atoms. The Hall–Kier alpha value is -1.39. The number of rotatable bonds is 6. The molecule has 0 aliphatic heterocycles. The van der Waals surface area contributed by atoms with E-state index in [0.717, 1.165) is 28.6 Å². The zero-order chi connectivity index (χ0) is 14.5. The highest BCUT2D eigenvalue weighted by Gasteiger charge is 2.10. The predicted molar refractivity (Wildman–Crippen MR) is 85.4 cm³/mol. The summed E-state index contributed by atoms with van der Waals surface area (Å²) < 4.78 is 5.65. The number of hydrogen-bond acceptors (Lipinski definition) is 4. The monoisotopic (exact) mass is 290 g/mol. The largest absolute Gasteiger partial charge is 0.491 e. The lowest BCUT2D eigenvalue weighted by Gasteiger charge is -2.09. The summed E-state index contributed by atoms with van der Waals surface area (Å²) in [5.41, 5.74) is 2.25. The van der Waals surface area contributed by atoms with Crippen molar-refractivity contribution >= 4 is 11.3 Å². The Kier molecular flexibility index (Phi) is 5.15. The molecule has 0 fully saturated rings. The van der Waals surface area contributed by atoms with Crippen molar-refractivity contribution in [1.29, 1.82) is 0 Å². The van der Waals surface area contributed by atoms with E-state index >= 15 is 0 Å². The molecule has 1 N–H and O–H groups in total. The third-order valence-electron chi connectivity index (χ3n) is 2.95. The molecule has 1 heterocycles. The second-order valence-electron chi connectivity index (χ2n) is 5.05. The minimum atomic E-state index is 0.202. The summed E-state index contributed by atoms with van der Waals surface area (Å²) in [5.74, 6) is 0.904. The molecule has 0 amide bonds. The average Bonchev–Trinajstić information content (AvgIpc) is 2.89. The molecule has 0 bridgehead atoms. The van der Waals surface area contributed by atoms with E-state index in [1.165, 1.54) is 0 Å². The fourth-order valence-corrected chi connectivity index (χ4v) is 2.90. The maximum Gasteiger partial charge on any atom is 0.123 e. The van der Waals surface area contributed by atoms with Crippen LogP contribution >= 0.6 is 11.3 Å². The van der Waals surface area contributed by atoms with Crippen LogP contribution in [0.1, 0.15) is 39.4 Å². The summed E-state index contributed by atoms with van der Waals surface area (Å²) in [4.78, 5) is 4.70. The van der Waals surface area contributed by atoms with Gasteiger partial charge in [-0.15, -0.1) is 11.3 Å². The molecule has 0 aliphatic carbocycles. The van der Waals surface area contributed by atoms with Crippen molar-refractivity contribution < 1.29 is 4.74 Å². The predicted octanol–water partition coefficient (Wildman–Crippen LogP) is 4.27. The molecule has 20 heavy (non-hydrogen) atoms. The van der Waals surface area contributed by atoms with Crippen LogP contribution in [0.3, 0.4) is 0 Å². The van der Waals surface area contributed by atoms with Crippen molar-refractivity contribution in [2.75, 3.05) is 6.54 Å². The molecule has 108 valence electrons. The number of thiazole rings is 1. The van der Waals surface area contributed by atoms with Crippen molar-refractivity contribution in [3.05, 3.63) is 35.3 Å². The van der Waals surface area contributed by atoms with Crippen LogP contribution < -0.4 is 10.1 Å². The SMILES string of the molecule is CCNC(C)c1csc(-c2ccc(OC(C)C)cc2)n1. The van der Waals surface area contributed by atoms with Gasteiger partial charge in [0.15, 0.2) is 0 Å². The second kappa shape index (κ2) is 6.86. The van der Waals surface area contributed by atoms with Crippen molar-refractivity contribution in [2.24, 2.45) is 0 Å². The molecule has 0 saturated heterocycles. The molecule has 0 saturated carbocycles. The molecule has 3 nitrogen and oxygen atoms in total. The number of hydrogen-bond donors (Lipinski definition) is 1. The van der Waals surface area contributed by atoms with Gasteiger partial charge in [0.2, 0.25) is 0 Å². The summed E-state index contributed by atoms with van der Waals surface area (Å²) in [6.07, 6.45) is 0.202. The summed E-state index contributed by atoms with van der Waals surface area (Å²) >= 11 is 1.68. The number of aromatic nitrogens is 1. The average molecular weight is 290 g/mol. The van der Waals surface area contributed by atoms with Crippen molar-refractivity contribution in [3.63, 3.8) is 0 Å². The first-order valence-electron chi connectivity index (χ1n) is 7.06. The van der Waals surface area contributed by atoms with Gasteiger partial charge < -0.3 is 10.1 Å². The summed E-state index contributed by atoms with van der Waals surface area (Å²) in [5, 5.41) is 6.56. The number of ether oxygens (including phenoxy) is 1. The number of nitrogens with zero attached hydrogens (tertiary/aromatic N) is 1. The Bertz CT molecular complexity index is 534. The van der Waals surface area contributed by atoms with Gasteiger partial charge in [0.1, 0.15) is 10.8 Å². The van der Waals surface area contributed by atoms with E-state index in [1.807, 2.05) is 26.0 Å². The fourth-order valence-electron chi connectivity index (χ4n) is 1.98. The molecule has 1 unspecified atom stereocenters. The standard InChI is InChI=1S/C16H22N2OS/c1-5-17-12(4)15-10-20-16(18-15)13-6-8-14(9-7-13)19-11(2)3/h6-12,17H,5H2,1-4H3. The lowest BCUT2D eigenvalue weighted by atomic mass is 10.2. The smallest absolute Gasteiger partial charge is 0.123 e. The van der Waals surface area contributed by atoms with Crippen LogP contribution in [-0.4, -0.2) is 17.6 Å². The van der Waals surface area contributed by atoms with Gasteiger partial charge in [0.25, 0.3) is 0 Å². The lowest BCUT2D eigenvalue weighted by molar-refractivity contribution is 0.242. The van der Waals surface area contributed by atoms with E-state index in [4.69, 9.17) is 9.72 Å². The first-order chi connectivity index (χ1) is 9.60. The van der Waals surface area contributed by atoms with Gasteiger partial charge in [-0.05, 0) is 51.6 Å².